The van der Waals surface area contributed by atoms with E-state index in [0.717, 1.165) is 0 Å². The Morgan fingerprint density at radius 3 is 2.00 bits per heavy atom. The fourth-order valence-electron chi connectivity index (χ4n) is 0. The van der Waals surface area contributed by atoms with Crippen LogP contribution in [0.1, 0.15) is 6.92 Å². The molecule has 0 atom stereocenters. The summed E-state index contributed by atoms with van der Waals surface area (Å²) in [5.41, 5.74) is 0. The van der Waals surface area contributed by atoms with Crippen LogP contribution < -0.4 is 17.0 Å². The SMILES string of the molecule is CC[Te][Mg+].[Br-]. The maximum Gasteiger partial charge on any atom is -1.00 e. The fourth-order valence-corrected chi connectivity index (χ4v) is 0. The van der Waals surface area contributed by atoms with E-state index in [9.17, 15) is 0 Å². The van der Waals surface area contributed by atoms with Crippen LogP contribution in [0, 0.1) is 0 Å². The third-order valence-electron chi connectivity index (χ3n) is 0.204. The van der Waals surface area contributed by atoms with Crippen LogP contribution >= 0.6 is 0 Å². The molecule has 0 aromatic carbocycles. The summed E-state index contributed by atoms with van der Waals surface area (Å²) in [7, 11) is 0. The van der Waals surface area contributed by atoms with Gasteiger partial charge in [0.25, 0.3) is 0 Å². The molecule has 0 aromatic heterocycles. The molecule has 5 heavy (non-hydrogen) atoms. The summed E-state index contributed by atoms with van der Waals surface area (Å²) in [6, 6.07) is 0. The van der Waals surface area contributed by atoms with Crippen LogP contribution in [0.5, 0.6) is 0 Å². The Hall–Kier alpha value is 2.04. The van der Waals surface area contributed by atoms with Crippen LogP contribution in [0.2, 0.25) is 4.47 Å². The van der Waals surface area contributed by atoms with E-state index in [4.69, 9.17) is 0 Å². The first kappa shape index (κ1) is 10.1. The number of hydrogen-bond acceptors (Lipinski definition) is 0. The van der Waals surface area contributed by atoms with Crippen LogP contribution in [0.4, 0.5) is 0 Å². The Balaban J connectivity index is 0. The molecular formula is C2H5BrMgTe. The minimum absolute atomic E-state index is 0. The van der Waals surface area contributed by atoms with Gasteiger partial charge in [-0.1, -0.05) is 0 Å². The van der Waals surface area contributed by atoms with Gasteiger partial charge in [0.2, 0.25) is 0 Å². The van der Waals surface area contributed by atoms with Crippen molar-refractivity contribution in [3.8, 4) is 0 Å². The van der Waals surface area contributed by atoms with E-state index in [1.807, 2.05) is 0 Å². The predicted molar refractivity (Wildman–Crippen MR) is 22.0 cm³/mol. The van der Waals surface area contributed by atoms with Crippen LogP contribution in [-0.4, -0.2) is 35.1 Å². The summed E-state index contributed by atoms with van der Waals surface area (Å²) in [4.78, 5) is 0. The van der Waals surface area contributed by atoms with E-state index in [1.54, 1.807) is 0 Å². The second kappa shape index (κ2) is 9.40. The summed E-state index contributed by atoms with van der Waals surface area (Å²) >= 11 is 2.66. The number of halogens is 1. The topological polar surface area (TPSA) is 0 Å². The van der Waals surface area contributed by atoms with E-state index in [0.29, 0.717) is 17.2 Å². The molecule has 0 aliphatic rings. The standard InChI is InChI=1S/C2H6Te.BrH.Mg/c1-2-3;;/h3H,2H2,1H3;1H;/q;;+2/p-2. The van der Waals surface area contributed by atoms with E-state index >= 15 is 0 Å². The monoisotopic (exact) mass is 262 g/mol. The van der Waals surface area contributed by atoms with Gasteiger partial charge in [-0.15, -0.1) is 0 Å². The first-order valence-electron chi connectivity index (χ1n) is 1.28. The van der Waals surface area contributed by atoms with Crippen molar-refractivity contribution in [2.45, 2.75) is 11.4 Å². The van der Waals surface area contributed by atoms with Crippen molar-refractivity contribution in [3.05, 3.63) is 0 Å². The van der Waals surface area contributed by atoms with Crippen molar-refractivity contribution in [1.29, 1.82) is 0 Å². The van der Waals surface area contributed by atoms with Crippen molar-refractivity contribution in [2.75, 3.05) is 0 Å². The molecule has 0 aliphatic heterocycles. The van der Waals surface area contributed by atoms with Gasteiger partial charge >= 0.3 is 46.5 Å². The Labute approximate surface area is 62.7 Å². The molecule has 0 saturated carbocycles. The van der Waals surface area contributed by atoms with Gasteiger partial charge in [-0.2, -0.15) is 0 Å². The number of hydrogen-bond donors (Lipinski definition) is 0. The molecule has 0 radical (unpaired) electrons. The summed E-state index contributed by atoms with van der Waals surface area (Å²) in [5, 5.41) is 0. The third-order valence-corrected chi connectivity index (χ3v) is 4.11. The molecule has 3 heteroatoms. The Bertz CT molecular complexity index is 11.6. The zero-order valence-electron chi connectivity index (χ0n) is 3.20. The largest absolute Gasteiger partial charge is 1.00 e. The van der Waals surface area contributed by atoms with Crippen LogP contribution in [0.25, 0.3) is 0 Å². The van der Waals surface area contributed by atoms with Crippen molar-refractivity contribution >= 4 is 35.1 Å². The minimum atomic E-state index is 0. The maximum absolute atomic E-state index is 2.25. The first-order valence-corrected chi connectivity index (χ1v) is 8.45. The average molecular weight is 261 g/mol. The fraction of sp³-hybridized carbons (Fsp3) is 1.00. The maximum atomic E-state index is 2.25. The van der Waals surface area contributed by atoms with Gasteiger partial charge < -0.3 is 17.0 Å². The molecule has 0 fully saturated rings. The molecule has 0 spiro atoms. The zero-order chi connectivity index (χ0) is 3.41. The molecule has 0 heterocycles. The van der Waals surface area contributed by atoms with Gasteiger partial charge in [0.15, 0.2) is 0 Å². The molecule has 0 saturated heterocycles. The van der Waals surface area contributed by atoms with E-state index in [-0.39, 0.29) is 17.0 Å². The van der Waals surface area contributed by atoms with Crippen LogP contribution in [0.3, 0.4) is 0 Å². The van der Waals surface area contributed by atoms with Crippen molar-refractivity contribution < 1.29 is 17.0 Å². The molecule has 0 rings (SSSR count). The van der Waals surface area contributed by atoms with Gasteiger partial charge in [-0.3, -0.25) is 0 Å². The Morgan fingerprint density at radius 1 is 1.80 bits per heavy atom. The molecule has 0 aromatic rings. The zero-order valence-corrected chi connectivity index (χ0v) is 8.53. The quantitative estimate of drug-likeness (QED) is 0.448. The van der Waals surface area contributed by atoms with Gasteiger partial charge in [0, 0.05) is 0 Å². The molecule has 0 amide bonds. The van der Waals surface area contributed by atoms with Crippen molar-refractivity contribution in [1.82, 2.24) is 0 Å². The Kier molecular flexibility index (Phi) is 19.0. The summed E-state index contributed by atoms with van der Waals surface area (Å²) in [6.45, 7) is 2.25. The number of rotatable bonds is 1. The van der Waals surface area contributed by atoms with Gasteiger partial charge in [0.05, 0.1) is 0 Å². The van der Waals surface area contributed by atoms with Crippen LogP contribution in [0.15, 0.2) is 0 Å². The molecular weight excluding hydrogens is 256 g/mol. The second-order valence-electron chi connectivity index (χ2n) is 0.493. The van der Waals surface area contributed by atoms with Gasteiger partial charge in [-0.05, 0) is 0 Å². The second-order valence-corrected chi connectivity index (χ2v) is 6.04. The normalized spacial score (nSPS) is 6.20. The predicted octanol–water partition coefficient (Wildman–Crippen LogP) is -2.78. The van der Waals surface area contributed by atoms with Gasteiger partial charge in [0.1, 0.15) is 0 Å². The third kappa shape index (κ3) is 10.7. The van der Waals surface area contributed by atoms with E-state index in [1.165, 1.54) is 4.47 Å². The summed E-state index contributed by atoms with van der Waals surface area (Å²) in [6.07, 6.45) is 0. The summed E-state index contributed by atoms with van der Waals surface area (Å²) in [5.74, 6) is 0. The van der Waals surface area contributed by atoms with Crippen molar-refractivity contribution in [3.63, 3.8) is 0 Å². The molecule has 0 bridgehead atoms. The minimum Gasteiger partial charge on any atom is -1.00 e. The smallest absolute Gasteiger partial charge is 1.00 e. The molecule has 0 nitrogen and oxygen atoms in total. The first-order chi connectivity index (χ1) is 1.91. The molecule has 28 valence electrons. The molecule has 0 aliphatic carbocycles. The summed E-state index contributed by atoms with van der Waals surface area (Å²) < 4.78 is 1.46. The molecule has 0 unspecified atom stereocenters. The molecule has 0 N–H and O–H groups in total. The average Bonchev–Trinajstić information content (AvgIpc) is 1.37. The van der Waals surface area contributed by atoms with E-state index < -0.39 is 0 Å². The Morgan fingerprint density at radius 2 is 2.00 bits per heavy atom. The van der Waals surface area contributed by atoms with Crippen molar-refractivity contribution in [2.24, 2.45) is 0 Å². The van der Waals surface area contributed by atoms with Gasteiger partial charge in [-0.25, -0.2) is 0 Å². The van der Waals surface area contributed by atoms with E-state index in [2.05, 4.69) is 24.8 Å². The van der Waals surface area contributed by atoms with Crippen LogP contribution in [-0.2, 0) is 0 Å².